The zero-order valence-electron chi connectivity index (χ0n) is 10.1. The molecule has 0 amide bonds. The first kappa shape index (κ1) is 13.1. The van der Waals surface area contributed by atoms with Crippen LogP contribution in [0, 0.1) is 13.8 Å². The Bertz CT molecular complexity index is 691. The molecule has 0 atom stereocenters. The van der Waals surface area contributed by atoms with Gasteiger partial charge in [0.15, 0.2) is 0 Å². The molecule has 2 rings (SSSR count). The normalized spacial score (nSPS) is 11.5. The monoisotopic (exact) mass is 280 g/mol. The first-order valence-corrected chi connectivity index (χ1v) is 7.82. The summed E-state index contributed by atoms with van der Waals surface area (Å²) in [7, 11) is 1.75. The molecule has 0 spiro atoms. The summed E-state index contributed by atoms with van der Waals surface area (Å²) in [6.45, 7) is 3.85. The molecule has 0 fully saturated rings. The second-order valence-electron chi connectivity index (χ2n) is 4.26. The largest absolute Gasteiger partial charge is 0.261 e. The molecule has 0 aliphatic heterocycles. The van der Waals surface area contributed by atoms with Gasteiger partial charge in [-0.3, -0.25) is 0 Å². The van der Waals surface area contributed by atoms with Crippen LogP contribution in [0.1, 0.15) is 11.1 Å². The van der Waals surface area contributed by atoms with E-state index in [-0.39, 0.29) is 4.90 Å². The first-order chi connectivity index (χ1) is 8.39. The second kappa shape index (κ2) is 4.75. The van der Waals surface area contributed by atoms with Gasteiger partial charge in [-0.15, -0.1) is 0 Å². The summed E-state index contributed by atoms with van der Waals surface area (Å²) in [6, 6.07) is 12.8. The van der Waals surface area contributed by atoms with Gasteiger partial charge < -0.3 is 0 Å². The molecule has 18 heavy (non-hydrogen) atoms. The molecule has 0 bridgehead atoms. The molecule has 0 saturated carbocycles. The third-order valence-corrected chi connectivity index (χ3v) is 4.17. The zero-order chi connectivity index (χ0) is 13.3. The van der Waals surface area contributed by atoms with Gasteiger partial charge in [0.25, 0.3) is 9.05 Å². The number of hydrogen-bond acceptors (Lipinski definition) is 2. The molecule has 2 aromatic carbocycles. The summed E-state index contributed by atoms with van der Waals surface area (Å²) in [5.41, 5.74) is 3.51. The summed E-state index contributed by atoms with van der Waals surface area (Å²) in [4.78, 5) is 0.162. The third kappa shape index (κ3) is 2.57. The molecule has 2 nitrogen and oxygen atoms in total. The number of halogens is 1. The van der Waals surface area contributed by atoms with Crippen molar-refractivity contribution in [3.8, 4) is 11.1 Å². The third-order valence-electron chi connectivity index (χ3n) is 2.80. The van der Waals surface area contributed by atoms with Crippen LogP contribution in [0.25, 0.3) is 11.1 Å². The van der Waals surface area contributed by atoms with Gasteiger partial charge in [0.05, 0.1) is 4.90 Å². The summed E-state index contributed by atoms with van der Waals surface area (Å²) < 4.78 is 23.3. The average molecular weight is 281 g/mol. The van der Waals surface area contributed by atoms with Crippen molar-refractivity contribution in [2.45, 2.75) is 18.7 Å². The Hall–Kier alpha value is -1.32. The number of aryl methyl sites for hydroxylation is 2. The van der Waals surface area contributed by atoms with E-state index in [0.29, 0.717) is 5.56 Å². The highest BCUT2D eigenvalue weighted by molar-refractivity contribution is 8.13. The minimum atomic E-state index is -3.74. The number of benzene rings is 2. The predicted molar refractivity (Wildman–Crippen MR) is 74.4 cm³/mol. The van der Waals surface area contributed by atoms with E-state index in [0.717, 1.165) is 16.7 Å². The van der Waals surface area contributed by atoms with E-state index in [2.05, 4.69) is 0 Å². The van der Waals surface area contributed by atoms with E-state index in [1.807, 2.05) is 44.2 Å². The summed E-state index contributed by atoms with van der Waals surface area (Å²) in [6.07, 6.45) is 0. The van der Waals surface area contributed by atoms with Gasteiger partial charge >= 0.3 is 0 Å². The highest BCUT2D eigenvalue weighted by Gasteiger charge is 2.18. The van der Waals surface area contributed by atoms with Crippen LogP contribution in [-0.2, 0) is 9.05 Å². The van der Waals surface area contributed by atoms with Gasteiger partial charge in [-0.1, -0.05) is 42.0 Å². The fourth-order valence-corrected chi connectivity index (χ4v) is 3.16. The van der Waals surface area contributed by atoms with Crippen molar-refractivity contribution in [3.63, 3.8) is 0 Å². The van der Waals surface area contributed by atoms with Crippen LogP contribution in [0.2, 0.25) is 0 Å². The van der Waals surface area contributed by atoms with Crippen LogP contribution in [0.15, 0.2) is 47.4 Å². The Kier molecular flexibility index (Phi) is 3.46. The molecule has 0 heterocycles. The maximum atomic E-state index is 11.6. The Morgan fingerprint density at radius 1 is 1.00 bits per heavy atom. The standard InChI is InChI=1S/C14H13ClO2S/c1-10-5-3-7-12(9-10)14-11(2)6-4-8-13(14)18(15,16)17/h3-9H,1-2H3. The van der Waals surface area contributed by atoms with Crippen molar-refractivity contribution in [1.82, 2.24) is 0 Å². The van der Waals surface area contributed by atoms with Gasteiger partial charge in [-0.2, -0.15) is 0 Å². The molecule has 0 unspecified atom stereocenters. The highest BCUT2D eigenvalue weighted by atomic mass is 35.7. The quantitative estimate of drug-likeness (QED) is 0.782. The van der Waals surface area contributed by atoms with Crippen LogP contribution in [0.5, 0.6) is 0 Å². The molecular weight excluding hydrogens is 268 g/mol. The van der Waals surface area contributed by atoms with E-state index in [1.54, 1.807) is 6.07 Å². The second-order valence-corrected chi connectivity index (χ2v) is 6.79. The topological polar surface area (TPSA) is 34.1 Å². The van der Waals surface area contributed by atoms with E-state index >= 15 is 0 Å². The maximum Gasteiger partial charge on any atom is 0.261 e. The van der Waals surface area contributed by atoms with E-state index < -0.39 is 9.05 Å². The molecule has 2 aromatic rings. The molecule has 4 heteroatoms. The first-order valence-electron chi connectivity index (χ1n) is 5.51. The zero-order valence-corrected chi connectivity index (χ0v) is 11.7. The van der Waals surface area contributed by atoms with Gasteiger partial charge in [0, 0.05) is 16.2 Å². The van der Waals surface area contributed by atoms with Crippen LogP contribution < -0.4 is 0 Å². The number of rotatable bonds is 2. The van der Waals surface area contributed by atoms with E-state index in [1.165, 1.54) is 6.07 Å². The van der Waals surface area contributed by atoms with Crippen molar-refractivity contribution in [2.75, 3.05) is 0 Å². The SMILES string of the molecule is Cc1cccc(-c2c(C)cccc2S(=O)(=O)Cl)c1. The summed E-state index contributed by atoms with van der Waals surface area (Å²) in [5.74, 6) is 0. The fraction of sp³-hybridized carbons (Fsp3) is 0.143. The number of hydrogen-bond donors (Lipinski definition) is 0. The lowest BCUT2D eigenvalue weighted by molar-refractivity contribution is 0.610. The lowest BCUT2D eigenvalue weighted by Crippen LogP contribution is -1.97. The molecular formula is C14H13ClO2S. The smallest absolute Gasteiger partial charge is 0.207 e. The lowest BCUT2D eigenvalue weighted by atomic mass is 9.99. The van der Waals surface area contributed by atoms with Crippen molar-refractivity contribution >= 4 is 19.7 Å². The molecule has 0 radical (unpaired) electrons. The fourth-order valence-electron chi connectivity index (χ4n) is 2.01. The van der Waals surface area contributed by atoms with Crippen LogP contribution >= 0.6 is 10.7 Å². The average Bonchev–Trinajstić information content (AvgIpc) is 2.27. The Morgan fingerprint density at radius 3 is 2.28 bits per heavy atom. The molecule has 0 aliphatic rings. The van der Waals surface area contributed by atoms with Crippen molar-refractivity contribution in [1.29, 1.82) is 0 Å². The van der Waals surface area contributed by atoms with Gasteiger partial charge in [0.1, 0.15) is 0 Å². The van der Waals surface area contributed by atoms with Crippen LogP contribution in [0.4, 0.5) is 0 Å². The van der Waals surface area contributed by atoms with Crippen molar-refractivity contribution in [2.24, 2.45) is 0 Å². The Balaban J connectivity index is 2.79. The van der Waals surface area contributed by atoms with Crippen LogP contribution in [-0.4, -0.2) is 8.42 Å². The lowest BCUT2D eigenvalue weighted by Gasteiger charge is -2.11. The summed E-state index contributed by atoms with van der Waals surface area (Å²) >= 11 is 0. The van der Waals surface area contributed by atoms with Gasteiger partial charge in [0.2, 0.25) is 0 Å². The molecule has 0 aromatic heterocycles. The Labute approximate surface area is 112 Å². The molecule has 94 valence electrons. The highest BCUT2D eigenvalue weighted by Crippen LogP contribution is 2.32. The maximum absolute atomic E-state index is 11.6. The van der Waals surface area contributed by atoms with Crippen molar-refractivity contribution < 1.29 is 8.42 Å². The minimum absolute atomic E-state index is 0.162. The van der Waals surface area contributed by atoms with E-state index in [9.17, 15) is 8.42 Å². The minimum Gasteiger partial charge on any atom is -0.207 e. The van der Waals surface area contributed by atoms with Crippen molar-refractivity contribution in [3.05, 3.63) is 53.6 Å². The van der Waals surface area contributed by atoms with E-state index in [4.69, 9.17) is 10.7 Å². The van der Waals surface area contributed by atoms with Gasteiger partial charge in [-0.25, -0.2) is 8.42 Å². The molecule has 0 aliphatic carbocycles. The van der Waals surface area contributed by atoms with Gasteiger partial charge in [-0.05, 0) is 31.0 Å². The summed E-state index contributed by atoms with van der Waals surface area (Å²) in [5, 5.41) is 0. The molecule has 0 saturated heterocycles. The van der Waals surface area contributed by atoms with Crippen LogP contribution in [0.3, 0.4) is 0 Å². The predicted octanol–water partition coefficient (Wildman–Crippen LogP) is 3.90. The Morgan fingerprint density at radius 2 is 1.67 bits per heavy atom. The molecule has 0 N–H and O–H groups in total.